The first-order valence-corrected chi connectivity index (χ1v) is 11.9. The number of amides is 1. The van der Waals surface area contributed by atoms with Gasteiger partial charge in [0, 0.05) is 42.0 Å². The molecule has 8 nitrogen and oxygen atoms in total. The number of aromatic nitrogens is 2. The minimum Gasteiger partial charge on any atom is -0.326 e. The number of sulfonamides is 1. The Morgan fingerprint density at radius 3 is 2.48 bits per heavy atom. The Balaban J connectivity index is 1.40. The molecule has 0 radical (unpaired) electrons. The zero-order valence-electron chi connectivity index (χ0n) is 17.9. The van der Waals surface area contributed by atoms with Gasteiger partial charge >= 0.3 is 0 Å². The van der Waals surface area contributed by atoms with Crippen molar-refractivity contribution in [2.24, 2.45) is 5.92 Å². The molecule has 0 saturated carbocycles. The predicted molar refractivity (Wildman–Crippen MR) is 122 cm³/mol. The Labute approximate surface area is 190 Å². The minimum absolute atomic E-state index is 0.0337. The summed E-state index contributed by atoms with van der Waals surface area (Å²) in [5.41, 5.74) is 1.55. The molecule has 0 bridgehead atoms. The lowest BCUT2D eigenvalue weighted by molar-refractivity contribution is -0.120. The summed E-state index contributed by atoms with van der Waals surface area (Å²) in [4.78, 5) is 31.6. The minimum atomic E-state index is -3.73. The van der Waals surface area contributed by atoms with Crippen molar-refractivity contribution >= 4 is 21.6 Å². The average Bonchev–Trinajstić information content (AvgIpc) is 2.79. The Kier molecular flexibility index (Phi) is 6.39. The van der Waals surface area contributed by atoms with Gasteiger partial charge in [0.15, 0.2) is 0 Å². The van der Waals surface area contributed by atoms with Crippen LogP contribution in [0.1, 0.15) is 18.5 Å². The second-order valence-electron chi connectivity index (χ2n) is 7.94. The van der Waals surface area contributed by atoms with Crippen LogP contribution in [0.25, 0.3) is 11.4 Å². The van der Waals surface area contributed by atoms with Crippen molar-refractivity contribution in [3.05, 3.63) is 76.5 Å². The van der Waals surface area contributed by atoms with E-state index in [-0.39, 0.29) is 35.4 Å². The van der Waals surface area contributed by atoms with Gasteiger partial charge in [0.05, 0.1) is 4.90 Å². The quantitative estimate of drug-likeness (QED) is 0.596. The highest BCUT2D eigenvalue weighted by molar-refractivity contribution is 7.89. The van der Waals surface area contributed by atoms with E-state index >= 15 is 0 Å². The molecule has 33 heavy (non-hydrogen) atoms. The summed E-state index contributed by atoms with van der Waals surface area (Å²) in [6, 6.07) is 13.1. The molecule has 0 aliphatic carbocycles. The Bertz CT molecular complexity index is 1330. The Morgan fingerprint density at radius 2 is 1.82 bits per heavy atom. The molecule has 1 fully saturated rings. The number of aromatic amines is 1. The van der Waals surface area contributed by atoms with Crippen LogP contribution in [0.2, 0.25) is 0 Å². The second kappa shape index (κ2) is 9.24. The van der Waals surface area contributed by atoms with Crippen LogP contribution in [0.5, 0.6) is 0 Å². The molecule has 1 amide bonds. The molecule has 1 aromatic heterocycles. The molecule has 4 rings (SSSR count). The number of nitrogens with one attached hydrogen (secondary N) is 2. The van der Waals surface area contributed by atoms with Gasteiger partial charge in [-0.3, -0.25) is 9.59 Å². The Hall–Kier alpha value is -3.37. The number of hydrogen-bond donors (Lipinski definition) is 2. The predicted octanol–water partition coefficient (Wildman–Crippen LogP) is 2.92. The standard InChI is InChI=1S/C23H23FN4O4S/c1-15-13-21(29)27-22(25-15)17-3-2-4-19(14-17)26-23(30)16-9-11-28(12-10-16)33(31,32)20-7-5-18(24)6-8-20/h2-8,13-14,16H,9-12H2,1H3,(H,26,30)(H,25,27,29). The van der Waals surface area contributed by atoms with Gasteiger partial charge in [-0.15, -0.1) is 0 Å². The van der Waals surface area contributed by atoms with Gasteiger partial charge in [-0.05, 0) is 56.2 Å². The zero-order chi connectivity index (χ0) is 23.6. The molecule has 1 aliphatic heterocycles. The van der Waals surface area contributed by atoms with E-state index < -0.39 is 15.8 Å². The number of piperidine rings is 1. The molecule has 10 heteroatoms. The van der Waals surface area contributed by atoms with Gasteiger partial charge in [0.1, 0.15) is 11.6 Å². The highest BCUT2D eigenvalue weighted by Crippen LogP contribution is 2.26. The number of anilines is 1. The molecule has 2 heterocycles. The number of aryl methyl sites for hydroxylation is 1. The smallest absolute Gasteiger partial charge is 0.251 e. The van der Waals surface area contributed by atoms with Crippen LogP contribution in [0, 0.1) is 18.7 Å². The summed E-state index contributed by atoms with van der Waals surface area (Å²) >= 11 is 0. The molecular formula is C23H23FN4O4S. The molecule has 1 saturated heterocycles. The normalized spacial score (nSPS) is 15.3. The number of nitrogens with zero attached hydrogens (tertiary/aromatic N) is 2. The number of carbonyl (C=O) groups excluding carboxylic acids is 1. The van der Waals surface area contributed by atoms with E-state index in [2.05, 4.69) is 15.3 Å². The third kappa shape index (κ3) is 5.18. The van der Waals surface area contributed by atoms with Crippen LogP contribution in [0.15, 0.2) is 64.3 Å². The van der Waals surface area contributed by atoms with E-state index in [9.17, 15) is 22.4 Å². The summed E-state index contributed by atoms with van der Waals surface area (Å²) in [6.45, 7) is 2.13. The van der Waals surface area contributed by atoms with Gasteiger partial charge in [0.2, 0.25) is 15.9 Å². The molecule has 3 aromatic rings. The summed E-state index contributed by atoms with van der Waals surface area (Å²) < 4.78 is 40.0. The molecule has 0 unspecified atom stereocenters. The van der Waals surface area contributed by atoms with E-state index in [4.69, 9.17) is 0 Å². The lowest BCUT2D eigenvalue weighted by atomic mass is 9.97. The fraction of sp³-hybridized carbons (Fsp3) is 0.261. The zero-order valence-corrected chi connectivity index (χ0v) is 18.7. The topological polar surface area (TPSA) is 112 Å². The van der Waals surface area contributed by atoms with Crippen molar-refractivity contribution in [1.29, 1.82) is 0 Å². The molecule has 172 valence electrons. The largest absolute Gasteiger partial charge is 0.326 e. The lowest BCUT2D eigenvalue weighted by Gasteiger charge is -2.30. The van der Waals surface area contributed by atoms with Crippen LogP contribution in [-0.2, 0) is 14.8 Å². The van der Waals surface area contributed by atoms with E-state index in [1.165, 1.54) is 22.5 Å². The van der Waals surface area contributed by atoms with Crippen molar-refractivity contribution in [2.75, 3.05) is 18.4 Å². The summed E-state index contributed by atoms with van der Waals surface area (Å²) in [7, 11) is -3.73. The van der Waals surface area contributed by atoms with E-state index in [0.29, 0.717) is 35.6 Å². The molecule has 0 spiro atoms. The fourth-order valence-electron chi connectivity index (χ4n) is 3.82. The SMILES string of the molecule is Cc1cc(=O)[nH]c(-c2cccc(NC(=O)C3CCN(S(=O)(=O)c4ccc(F)cc4)CC3)c2)n1. The molecular weight excluding hydrogens is 447 g/mol. The van der Waals surface area contributed by atoms with E-state index in [0.717, 1.165) is 12.1 Å². The van der Waals surface area contributed by atoms with Crippen molar-refractivity contribution in [1.82, 2.24) is 14.3 Å². The fourth-order valence-corrected chi connectivity index (χ4v) is 5.29. The summed E-state index contributed by atoms with van der Waals surface area (Å²) in [5.74, 6) is -0.629. The second-order valence-corrected chi connectivity index (χ2v) is 9.88. The summed E-state index contributed by atoms with van der Waals surface area (Å²) in [5, 5.41) is 2.87. The van der Waals surface area contributed by atoms with Gasteiger partial charge in [0.25, 0.3) is 5.56 Å². The van der Waals surface area contributed by atoms with Crippen LogP contribution >= 0.6 is 0 Å². The first-order valence-electron chi connectivity index (χ1n) is 10.5. The maximum atomic E-state index is 13.1. The number of benzene rings is 2. The van der Waals surface area contributed by atoms with Crippen molar-refractivity contribution < 1.29 is 17.6 Å². The van der Waals surface area contributed by atoms with Gasteiger partial charge in [-0.1, -0.05) is 12.1 Å². The molecule has 0 atom stereocenters. The van der Waals surface area contributed by atoms with Crippen molar-refractivity contribution in [2.45, 2.75) is 24.7 Å². The Morgan fingerprint density at radius 1 is 1.12 bits per heavy atom. The van der Waals surface area contributed by atoms with Crippen LogP contribution < -0.4 is 10.9 Å². The van der Waals surface area contributed by atoms with Gasteiger partial charge in [-0.25, -0.2) is 17.8 Å². The van der Waals surface area contributed by atoms with Crippen LogP contribution in [0.3, 0.4) is 0 Å². The molecule has 2 aromatic carbocycles. The lowest BCUT2D eigenvalue weighted by Crippen LogP contribution is -2.41. The van der Waals surface area contributed by atoms with Crippen LogP contribution in [0.4, 0.5) is 10.1 Å². The monoisotopic (exact) mass is 470 g/mol. The summed E-state index contributed by atoms with van der Waals surface area (Å²) in [6.07, 6.45) is 0.747. The highest BCUT2D eigenvalue weighted by atomic mass is 32.2. The van der Waals surface area contributed by atoms with Gasteiger partial charge < -0.3 is 10.3 Å². The van der Waals surface area contributed by atoms with Crippen molar-refractivity contribution in [3.63, 3.8) is 0 Å². The highest BCUT2D eigenvalue weighted by Gasteiger charge is 2.32. The maximum absolute atomic E-state index is 13.1. The third-order valence-electron chi connectivity index (χ3n) is 5.55. The number of carbonyl (C=O) groups is 1. The van der Waals surface area contributed by atoms with Crippen LogP contribution in [-0.4, -0.2) is 41.7 Å². The molecule has 1 aliphatic rings. The average molecular weight is 471 g/mol. The van der Waals surface area contributed by atoms with E-state index in [1.807, 2.05) is 0 Å². The van der Waals surface area contributed by atoms with E-state index in [1.54, 1.807) is 31.2 Å². The van der Waals surface area contributed by atoms with Crippen molar-refractivity contribution in [3.8, 4) is 11.4 Å². The number of H-pyrrole nitrogens is 1. The molecule has 2 N–H and O–H groups in total. The number of rotatable bonds is 5. The number of hydrogen-bond acceptors (Lipinski definition) is 5. The first kappa shape index (κ1) is 22.8. The van der Waals surface area contributed by atoms with Gasteiger partial charge in [-0.2, -0.15) is 4.31 Å². The number of halogens is 1. The first-order chi connectivity index (χ1) is 15.7. The maximum Gasteiger partial charge on any atom is 0.251 e. The third-order valence-corrected chi connectivity index (χ3v) is 7.46.